The maximum Gasteiger partial charge on any atom is 0.346 e. The van der Waals surface area contributed by atoms with Crippen LogP contribution in [0.1, 0.15) is 15.2 Å². The molecular weight excluding hydrogens is 292 g/mol. The van der Waals surface area contributed by atoms with Crippen LogP contribution in [-0.2, 0) is 20.8 Å². The predicted molar refractivity (Wildman–Crippen MR) is 81.1 cm³/mol. The number of rotatable bonds is 9. The van der Waals surface area contributed by atoms with Gasteiger partial charge < -0.3 is 19.3 Å². The average Bonchev–Trinajstić information content (AvgIpc) is 2.85. The van der Waals surface area contributed by atoms with Crippen LogP contribution in [0.15, 0.2) is 24.3 Å². The van der Waals surface area contributed by atoms with Crippen molar-refractivity contribution in [3.8, 4) is 0 Å². The third-order valence-corrected chi connectivity index (χ3v) is 4.14. The molecule has 0 aliphatic heterocycles. The number of benzene rings is 1. The molecule has 0 saturated carbocycles. The highest BCUT2D eigenvalue weighted by Crippen LogP contribution is 2.31. The lowest BCUT2D eigenvalue weighted by molar-refractivity contribution is 0.0200. The number of fused-ring (bicyclic) bond motifs is 1. The van der Waals surface area contributed by atoms with E-state index in [1.165, 1.54) is 11.3 Å². The highest BCUT2D eigenvalue weighted by atomic mass is 32.1. The predicted octanol–water partition coefficient (Wildman–Crippen LogP) is 2.78. The molecule has 1 aromatic heterocycles. The van der Waals surface area contributed by atoms with Crippen LogP contribution in [0.5, 0.6) is 0 Å². The van der Waals surface area contributed by atoms with Gasteiger partial charge >= 0.3 is 5.97 Å². The fraction of sp³-hybridized carbons (Fsp3) is 0.400. The first-order valence-electron chi connectivity index (χ1n) is 6.62. The fourth-order valence-corrected chi connectivity index (χ4v) is 3.00. The summed E-state index contributed by atoms with van der Waals surface area (Å²) in [6.45, 7) is 2.25. The van der Waals surface area contributed by atoms with Crippen molar-refractivity contribution in [2.75, 3.05) is 33.5 Å². The van der Waals surface area contributed by atoms with E-state index in [0.29, 0.717) is 31.3 Å². The van der Waals surface area contributed by atoms with Crippen molar-refractivity contribution in [2.24, 2.45) is 0 Å². The Morgan fingerprint density at radius 1 is 1.14 bits per heavy atom. The van der Waals surface area contributed by atoms with E-state index in [4.69, 9.17) is 14.2 Å². The Hall–Kier alpha value is -1.47. The van der Waals surface area contributed by atoms with Gasteiger partial charge in [-0.2, -0.15) is 0 Å². The van der Waals surface area contributed by atoms with E-state index in [-0.39, 0.29) is 6.61 Å². The van der Waals surface area contributed by atoms with Gasteiger partial charge in [0, 0.05) is 17.4 Å². The molecule has 0 amide bonds. The highest BCUT2D eigenvalue weighted by molar-refractivity contribution is 7.21. The maximum atomic E-state index is 11.3. The first-order chi connectivity index (χ1) is 10.2. The summed E-state index contributed by atoms with van der Waals surface area (Å²) in [5, 5.41) is 10.2. The van der Waals surface area contributed by atoms with Crippen molar-refractivity contribution >= 4 is 27.4 Å². The fourth-order valence-electron chi connectivity index (χ4n) is 1.95. The molecule has 0 bridgehead atoms. The van der Waals surface area contributed by atoms with E-state index in [9.17, 15) is 9.90 Å². The van der Waals surface area contributed by atoms with Gasteiger partial charge in [-0.1, -0.05) is 18.2 Å². The molecule has 0 aliphatic rings. The van der Waals surface area contributed by atoms with Crippen molar-refractivity contribution in [3.63, 3.8) is 0 Å². The Morgan fingerprint density at radius 2 is 1.86 bits per heavy atom. The van der Waals surface area contributed by atoms with E-state index < -0.39 is 5.97 Å². The van der Waals surface area contributed by atoms with Gasteiger partial charge in [-0.15, -0.1) is 11.3 Å². The first kappa shape index (κ1) is 15.9. The van der Waals surface area contributed by atoms with Crippen LogP contribution in [0.2, 0.25) is 0 Å². The number of thiophene rings is 1. The summed E-state index contributed by atoms with van der Waals surface area (Å²) < 4.78 is 16.7. The molecule has 0 spiro atoms. The SMILES string of the molecule is COCCOCCOCc1c(C(=O)O)sc2ccccc12. The molecule has 0 aliphatic carbocycles. The summed E-state index contributed by atoms with van der Waals surface area (Å²) in [5.41, 5.74) is 0.736. The molecule has 2 rings (SSSR count). The second-order valence-corrected chi connectivity index (χ2v) is 5.42. The molecule has 114 valence electrons. The molecule has 0 unspecified atom stereocenters. The minimum atomic E-state index is -0.911. The summed E-state index contributed by atoms with van der Waals surface area (Å²) in [6.07, 6.45) is 0. The van der Waals surface area contributed by atoms with Crippen molar-refractivity contribution in [2.45, 2.75) is 6.61 Å². The molecule has 5 nitrogen and oxygen atoms in total. The maximum absolute atomic E-state index is 11.3. The number of carbonyl (C=O) groups is 1. The van der Waals surface area contributed by atoms with Crippen LogP contribution < -0.4 is 0 Å². The lowest BCUT2D eigenvalue weighted by Gasteiger charge is -2.06. The van der Waals surface area contributed by atoms with Gasteiger partial charge in [0.2, 0.25) is 0 Å². The van der Waals surface area contributed by atoms with E-state index >= 15 is 0 Å². The third-order valence-electron chi connectivity index (χ3n) is 2.94. The summed E-state index contributed by atoms with van der Waals surface area (Å²) in [5.74, 6) is -0.911. The van der Waals surface area contributed by atoms with Crippen LogP contribution >= 0.6 is 11.3 Å². The lowest BCUT2D eigenvalue weighted by atomic mass is 10.1. The lowest BCUT2D eigenvalue weighted by Crippen LogP contribution is -2.09. The van der Waals surface area contributed by atoms with Gasteiger partial charge in [-0.05, 0) is 11.5 Å². The van der Waals surface area contributed by atoms with Crippen molar-refractivity contribution in [1.29, 1.82) is 0 Å². The molecule has 0 fully saturated rings. The van der Waals surface area contributed by atoms with E-state index in [0.717, 1.165) is 15.6 Å². The molecule has 2 aromatic rings. The topological polar surface area (TPSA) is 65.0 Å². The average molecular weight is 310 g/mol. The number of aromatic carboxylic acids is 1. The van der Waals surface area contributed by atoms with E-state index in [1.54, 1.807) is 7.11 Å². The van der Waals surface area contributed by atoms with Gasteiger partial charge in [0.1, 0.15) is 4.88 Å². The van der Waals surface area contributed by atoms with Gasteiger partial charge in [-0.3, -0.25) is 0 Å². The van der Waals surface area contributed by atoms with Gasteiger partial charge in [0.25, 0.3) is 0 Å². The van der Waals surface area contributed by atoms with Crippen molar-refractivity contribution in [3.05, 3.63) is 34.7 Å². The van der Waals surface area contributed by atoms with Crippen LogP contribution in [0.4, 0.5) is 0 Å². The molecule has 1 aromatic carbocycles. The summed E-state index contributed by atoms with van der Waals surface area (Å²) >= 11 is 1.28. The molecule has 0 atom stereocenters. The monoisotopic (exact) mass is 310 g/mol. The van der Waals surface area contributed by atoms with Crippen LogP contribution in [0, 0.1) is 0 Å². The summed E-state index contributed by atoms with van der Waals surface area (Å²) in [7, 11) is 1.62. The Kier molecular flexibility index (Phi) is 6.13. The van der Waals surface area contributed by atoms with Crippen molar-refractivity contribution in [1.82, 2.24) is 0 Å². The number of carboxylic acid groups (broad SMARTS) is 1. The first-order valence-corrected chi connectivity index (χ1v) is 7.44. The van der Waals surface area contributed by atoms with Gasteiger partial charge in [0.05, 0.1) is 33.0 Å². The van der Waals surface area contributed by atoms with Crippen LogP contribution in [0.25, 0.3) is 10.1 Å². The Labute approximate surface area is 127 Å². The minimum absolute atomic E-state index is 0.277. The molecule has 21 heavy (non-hydrogen) atoms. The minimum Gasteiger partial charge on any atom is -0.477 e. The second kappa shape index (κ2) is 8.09. The zero-order chi connectivity index (χ0) is 15.1. The van der Waals surface area contributed by atoms with Gasteiger partial charge in [0.15, 0.2) is 0 Å². The number of hydrogen-bond acceptors (Lipinski definition) is 5. The Morgan fingerprint density at radius 3 is 2.62 bits per heavy atom. The zero-order valence-electron chi connectivity index (χ0n) is 11.8. The molecule has 0 radical (unpaired) electrons. The van der Waals surface area contributed by atoms with Gasteiger partial charge in [-0.25, -0.2) is 4.79 Å². The van der Waals surface area contributed by atoms with Crippen molar-refractivity contribution < 1.29 is 24.1 Å². The normalized spacial score (nSPS) is 11.1. The largest absolute Gasteiger partial charge is 0.477 e. The number of carboxylic acids is 1. The Balaban J connectivity index is 1.94. The smallest absolute Gasteiger partial charge is 0.346 e. The molecule has 6 heteroatoms. The number of hydrogen-bond donors (Lipinski definition) is 1. The standard InChI is InChI=1S/C15H18O5S/c1-18-6-7-19-8-9-20-10-12-11-4-2-3-5-13(11)21-14(12)15(16)17/h2-5H,6-10H2,1H3,(H,16,17). The Bertz CT molecular complexity index is 593. The van der Waals surface area contributed by atoms with E-state index in [1.807, 2.05) is 24.3 Å². The summed E-state index contributed by atoms with van der Waals surface area (Å²) in [4.78, 5) is 11.7. The van der Waals surface area contributed by atoms with E-state index in [2.05, 4.69) is 0 Å². The highest BCUT2D eigenvalue weighted by Gasteiger charge is 2.17. The molecular formula is C15H18O5S. The number of methoxy groups -OCH3 is 1. The summed E-state index contributed by atoms with van der Waals surface area (Å²) in [6, 6.07) is 7.65. The second-order valence-electron chi connectivity index (χ2n) is 4.37. The quantitative estimate of drug-likeness (QED) is 0.722. The number of ether oxygens (including phenoxy) is 3. The molecule has 0 saturated heterocycles. The zero-order valence-corrected chi connectivity index (χ0v) is 12.6. The molecule has 1 N–H and O–H groups in total. The molecule has 1 heterocycles. The van der Waals surface area contributed by atoms with Crippen LogP contribution in [0.3, 0.4) is 0 Å². The van der Waals surface area contributed by atoms with Crippen LogP contribution in [-0.4, -0.2) is 44.6 Å². The third kappa shape index (κ3) is 4.25.